The van der Waals surface area contributed by atoms with Gasteiger partial charge in [0.15, 0.2) is 11.6 Å². The molecule has 1 fully saturated rings. The van der Waals surface area contributed by atoms with Gasteiger partial charge in [0.25, 0.3) is 0 Å². The number of allylic oxidation sites excluding steroid dienone is 1. The zero-order valence-electron chi connectivity index (χ0n) is 16.4. The number of nitrogens with zero attached hydrogens (tertiary/aromatic N) is 5. The standard InChI is InChI=1S/C20H26N6O2/c1-14(2)11-26-19(16-10-21-22-18(16)17-7-5-9-28-17)23-24-20(26)25(3)12-15-6-4-8-27-13-15/h5,7,9-10,15H,1,4,6,8,11-13H2,2-3H3,(H,21,22). The minimum Gasteiger partial charge on any atom is -0.463 e. The normalized spacial score (nSPS) is 17.0. The van der Waals surface area contributed by atoms with E-state index in [0.29, 0.717) is 18.2 Å². The minimum atomic E-state index is 0.504. The molecular formula is C20H26N6O2. The van der Waals surface area contributed by atoms with Crippen molar-refractivity contribution >= 4 is 5.95 Å². The number of hydrogen-bond donors (Lipinski definition) is 1. The van der Waals surface area contributed by atoms with E-state index >= 15 is 0 Å². The van der Waals surface area contributed by atoms with Crippen LogP contribution in [0.1, 0.15) is 19.8 Å². The highest BCUT2D eigenvalue weighted by atomic mass is 16.5. The van der Waals surface area contributed by atoms with E-state index in [1.54, 1.807) is 12.5 Å². The molecule has 0 amide bonds. The quantitative estimate of drug-likeness (QED) is 0.631. The fourth-order valence-corrected chi connectivity index (χ4v) is 3.68. The van der Waals surface area contributed by atoms with Crippen molar-refractivity contribution in [3.8, 4) is 22.8 Å². The maximum absolute atomic E-state index is 5.63. The SMILES string of the molecule is C=C(C)Cn1c(-c2cn[nH]c2-c2ccco2)nnc1N(C)CC1CCCOC1. The number of aromatic amines is 1. The second kappa shape index (κ2) is 8.02. The molecular weight excluding hydrogens is 356 g/mol. The first-order valence-corrected chi connectivity index (χ1v) is 9.57. The summed E-state index contributed by atoms with van der Waals surface area (Å²) in [6.07, 6.45) is 5.69. The molecule has 0 saturated carbocycles. The lowest BCUT2D eigenvalue weighted by Crippen LogP contribution is -2.32. The van der Waals surface area contributed by atoms with Gasteiger partial charge < -0.3 is 14.1 Å². The van der Waals surface area contributed by atoms with E-state index in [-0.39, 0.29) is 0 Å². The molecule has 1 aliphatic rings. The number of anilines is 1. The van der Waals surface area contributed by atoms with Crippen molar-refractivity contribution in [2.24, 2.45) is 5.92 Å². The largest absolute Gasteiger partial charge is 0.463 e. The Morgan fingerprint density at radius 1 is 1.43 bits per heavy atom. The molecule has 1 N–H and O–H groups in total. The van der Waals surface area contributed by atoms with Gasteiger partial charge in [0.1, 0.15) is 5.69 Å². The van der Waals surface area contributed by atoms with Crippen molar-refractivity contribution < 1.29 is 9.15 Å². The zero-order chi connectivity index (χ0) is 19.5. The molecule has 1 aliphatic heterocycles. The first kappa shape index (κ1) is 18.5. The maximum Gasteiger partial charge on any atom is 0.227 e. The van der Waals surface area contributed by atoms with E-state index in [1.807, 2.05) is 19.1 Å². The Hall–Kier alpha value is -2.87. The second-order valence-electron chi connectivity index (χ2n) is 7.47. The third-order valence-electron chi connectivity index (χ3n) is 4.94. The molecule has 1 saturated heterocycles. The first-order chi connectivity index (χ1) is 13.6. The molecule has 8 heteroatoms. The smallest absolute Gasteiger partial charge is 0.227 e. The number of H-pyrrole nitrogens is 1. The molecule has 148 valence electrons. The summed E-state index contributed by atoms with van der Waals surface area (Å²) >= 11 is 0. The van der Waals surface area contributed by atoms with Gasteiger partial charge in [-0.2, -0.15) is 5.10 Å². The van der Waals surface area contributed by atoms with Gasteiger partial charge in [-0.15, -0.1) is 10.2 Å². The third kappa shape index (κ3) is 3.73. The zero-order valence-corrected chi connectivity index (χ0v) is 16.4. The Morgan fingerprint density at radius 2 is 2.32 bits per heavy atom. The van der Waals surface area contributed by atoms with Crippen molar-refractivity contribution in [2.75, 3.05) is 31.7 Å². The van der Waals surface area contributed by atoms with Gasteiger partial charge in [0.2, 0.25) is 5.95 Å². The number of aromatic nitrogens is 5. The summed E-state index contributed by atoms with van der Waals surface area (Å²) in [4.78, 5) is 2.16. The Morgan fingerprint density at radius 3 is 3.04 bits per heavy atom. The molecule has 0 spiro atoms. The highest BCUT2D eigenvalue weighted by Gasteiger charge is 2.24. The summed E-state index contributed by atoms with van der Waals surface area (Å²) in [7, 11) is 2.06. The molecule has 1 unspecified atom stereocenters. The lowest BCUT2D eigenvalue weighted by molar-refractivity contribution is 0.0575. The second-order valence-corrected chi connectivity index (χ2v) is 7.47. The third-order valence-corrected chi connectivity index (χ3v) is 4.94. The van der Waals surface area contributed by atoms with E-state index in [2.05, 4.69) is 43.5 Å². The van der Waals surface area contributed by atoms with E-state index < -0.39 is 0 Å². The molecule has 3 aromatic heterocycles. The Kier molecular flexibility index (Phi) is 5.29. The molecule has 0 aliphatic carbocycles. The molecule has 4 rings (SSSR count). The minimum absolute atomic E-state index is 0.504. The molecule has 28 heavy (non-hydrogen) atoms. The predicted octanol–water partition coefficient (Wildman–Crippen LogP) is 3.37. The number of furan rings is 1. The van der Waals surface area contributed by atoms with Gasteiger partial charge in [-0.1, -0.05) is 12.2 Å². The number of hydrogen-bond acceptors (Lipinski definition) is 6. The fraction of sp³-hybridized carbons (Fsp3) is 0.450. The van der Waals surface area contributed by atoms with Crippen LogP contribution in [0.3, 0.4) is 0 Å². The molecule has 1 atom stereocenters. The van der Waals surface area contributed by atoms with Crippen molar-refractivity contribution in [2.45, 2.75) is 26.3 Å². The number of ether oxygens (including phenoxy) is 1. The van der Waals surface area contributed by atoms with Gasteiger partial charge in [0.05, 0.1) is 24.6 Å². The summed E-state index contributed by atoms with van der Waals surface area (Å²) in [6.45, 7) is 9.27. The monoisotopic (exact) mass is 382 g/mol. The predicted molar refractivity (Wildman–Crippen MR) is 107 cm³/mol. The molecule has 0 bridgehead atoms. The van der Waals surface area contributed by atoms with Crippen LogP contribution in [0.4, 0.5) is 5.95 Å². The van der Waals surface area contributed by atoms with Gasteiger partial charge >= 0.3 is 0 Å². The van der Waals surface area contributed by atoms with E-state index in [9.17, 15) is 0 Å². The first-order valence-electron chi connectivity index (χ1n) is 9.57. The average Bonchev–Trinajstić information content (AvgIpc) is 3.42. The lowest BCUT2D eigenvalue weighted by Gasteiger charge is -2.28. The van der Waals surface area contributed by atoms with Crippen molar-refractivity contribution in [3.05, 3.63) is 36.7 Å². The van der Waals surface area contributed by atoms with E-state index in [4.69, 9.17) is 9.15 Å². The van der Waals surface area contributed by atoms with Crippen LogP contribution in [0, 0.1) is 5.92 Å². The fourth-order valence-electron chi connectivity index (χ4n) is 3.68. The lowest BCUT2D eigenvalue weighted by atomic mass is 10.0. The number of nitrogens with one attached hydrogen (secondary N) is 1. The summed E-state index contributed by atoms with van der Waals surface area (Å²) in [5, 5.41) is 16.2. The Bertz CT molecular complexity index is 921. The highest BCUT2D eigenvalue weighted by molar-refractivity contribution is 5.74. The van der Waals surface area contributed by atoms with Crippen LogP contribution < -0.4 is 4.90 Å². The summed E-state index contributed by atoms with van der Waals surface area (Å²) in [6, 6.07) is 3.75. The van der Waals surface area contributed by atoms with Crippen LogP contribution in [0.25, 0.3) is 22.8 Å². The van der Waals surface area contributed by atoms with Crippen LogP contribution in [0.15, 0.2) is 41.2 Å². The van der Waals surface area contributed by atoms with Crippen molar-refractivity contribution in [1.29, 1.82) is 0 Å². The van der Waals surface area contributed by atoms with Gasteiger partial charge in [-0.3, -0.25) is 9.67 Å². The van der Waals surface area contributed by atoms with Gasteiger partial charge in [0, 0.05) is 26.7 Å². The molecule has 0 radical (unpaired) electrons. The topological polar surface area (TPSA) is 85.0 Å². The van der Waals surface area contributed by atoms with Crippen LogP contribution in [0.5, 0.6) is 0 Å². The van der Waals surface area contributed by atoms with E-state index in [1.165, 1.54) is 6.42 Å². The van der Waals surface area contributed by atoms with Crippen molar-refractivity contribution in [1.82, 2.24) is 25.0 Å². The van der Waals surface area contributed by atoms with Gasteiger partial charge in [-0.05, 0) is 37.8 Å². The summed E-state index contributed by atoms with van der Waals surface area (Å²) in [5.74, 6) is 2.77. The molecule has 4 heterocycles. The summed E-state index contributed by atoms with van der Waals surface area (Å²) in [5.41, 5.74) is 2.67. The van der Waals surface area contributed by atoms with Crippen LogP contribution in [0.2, 0.25) is 0 Å². The van der Waals surface area contributed by atoms with Crippen LogP contribution in [-0.2, 0) is 11.3 Å². The number of rotatable bonds is 7. The Labute approximate surface area is 164 Å². The molecule has 3 aromatic rings. The van der Waals surface area contributed by atoms with Crippen LogP contribution >= 0.6 is 0 Å². The molecule has 0 aromatic carbocycles. The van der Waals surface area contributed by atoms with Crippen LogP contribution in [-0.4, -0.2) is 51.8 Å². The van der Waals surface area contributed by atoms with E-state index in [0.717, 1.165) is 54.8 Å². The maximum atomic E-state index is 5.63. The van der Waals surface area contributed by atoms with Crippen molar-refractivity contribution in [3.63, 3.8) is 0 Å². The molecule has 8 nitrogen and oxygen atoms in total. The highest BCUT2D eigenvalue weighted by Crippen LogP contribution is 2.31. The van der Waals surface area contributed by atoms with Gasteiger partial charge in [-0.25, -0.2) is 0 Å². The summed E-state index contributed by atoms with van der Waals surface area (Å²) < 4.78 is 13.3. The Balaban J connectivity index is 1.67. The average molecular weight is 382 g/mol.